The Balaban J connectivity index is 1.58. The molecule has 4 aromatic rings. The Morgan fingerprint density at radius 3 is 2.80 bits per heavy atom. The van der Waals surface area contributed by atoms with E-state index in [2.05, 4.69) is 21.2 Å². The van der Waals surface area contributed by atoms with Crippen LogP contribution >= 0.6 is 0 Å². The molecular weight excluding hydrogens is 567 g/mol. The molecule has 1 fully saturated rings. The molecule has 2 bridgehead atoms. The molecule has 2 aliphatic rings. The second-order valence-electron chi connectivity index (χ2n) is 11.4. The predicted octanol–water partition coefficient (Wildman–Crippen LogP) is 4.14. The van der Waals surface area contributed by atoms with Gasteiger partial charge in [-0.1, -0.05) is 0 Å². The number of aliphatic hydroxyl groups excluding tert-OH is 1. The summed E-state index contributed by atoms with van der Waals surface area (Å²) in [5.41, 5.74) is 3.61. The van der Waals surface area contributed by atoms with Crippen molar-refractivity contribution in [3.8, 4) is 29.0 Å². The molecule has 0 radical (unpaired) electrons. The van der Waals surface area contributed by atoms with Crippen LogP contribution in [0.4, 0.5) is 4.39 Å². The third-order valence-corrected chi connectivity index (χ3v) is 7.98. The van der Waals surface area contributed by atoms with Gasteiger partial charge in [-0.2, -0.15) is 15.5 Å². The van der Waals surface area contributed by atoms with Gasteiger partial charge in [-0.05, 0) is 58.4 Å². The van der Waals surface area contributed by atoms with E-state index in [1.54, 1.807) is 40.3 Å². The predicted molar refractivity (Wildman–Crippen MR) is 161 cm³/mol. The van der Waals surface area contributed by atoms with Crippen LogP contribution in [0.3, 0.4) is 0 Å². The molecule has 232 valence electrons. The molecule has 2 unspecified atom stereocenters. The van der Waals surface area contributed by atoms with E-state index < -0.39 is 11.9 Å². The average molecular weight is 605 g/mol. The first-order chi connectivity index (χ1) is 21.3. The van der Waals surface area contributed by atoms with Crippen molar-refractivity contribution in [2.24, 2.45) is 7.05 Å². The third-order valence-electron chi connectivity index (χ3n) is 7.98. The van der Waals surface area contributed by atoms with Gasteiger partial charge in [0, 0.05) is 43.8 Å². The van der Waals surface area contributed by atoms with Gasteiger partial charge in [-0.25, -0.2) is 13.8 Å². The number of aliphatic hydroxyl groups is 1. The van der Waals surface area contributed by atoms with Gasteiger partial charge in [0.05, 0.1) is 47.4 Å². The maximum atomic E-state index is 16.0. The number of likely N-dealkylation sites (N-methyl/N-ethyl adjacent to an activating group) is 1. The van der Waals surface area contributed by atoms with Gasteiger partial charge in [0.1, 0.15) is 18.0 Å². The SMILES string of the molecule is CC(C#N)Oc1nn(CCO)c2c1/C=C\c1nn(C3CCCCO3)c3cc(F)c(cc13)-c1cnn(C)c1O[C@@H](C)CN(C)C2. The van der Waals surface area contributed by atoms with Gasteiger partial charge in [0.15, 0.2) is 12.3 Å². The first-order valence-electron chi connectivity index (χ1n) is 14.9. The van der Waals surface area contributed by atoms with Crippen molar-refractivity contribution in [1.29, 1.82) is 5.26 Å². The largest absolute Gasteiger partial charge is 0.473 e. The number of nitriles is 1. The molecule has 0 spiro atoms. The standard InChI is InChI=1S/C31H37FN8O4/c1-19(15-33)43-30-21-8-9-26-23-13-22(25(32)14-27(23)40(35-26)29-7-5-6-12-42-29)24-16-34-38(4)31(24)44-20(2)17-37(3)18-28(21)39(36-30)10-11-41/h8-9,13-14,16,19-20,29,41H,5-7,10-12,17-18H2,1-4H3/b9-8-/t19?,20-,29?/m0/s1. The number of ether oxygens (including phenoxy) is 3. The topological polar surface area (TPSA) is 128 Å². The monoisotopic (exact) mass is 604 g/mol. The second-order valence-corrected chi connectivity index (χ2v) is 11.4. The Morgan fingerprint density at radius 2 is 2.05 bits per heavy atom. The quantitative estimate of drug-likeness (QED) is 0.357. The van der Waals surface area contributed by atoms with Gasteiger partial charge < -0.3 is 19.3 Å². The molecule has 0 saturated carbocycles. The molecule has 12 nitrogen and oxygen atoms in total. The fourth-order valence-electron chi connectivity index (χ4n) is 5.93. The Labute approximate surface area is 254 Å². The zero-order valence-corrected chi connectivity index (χ0v) is 25.4. The van der Waals surface area contributed by atoms with Crippen LogP contribution < -0.4 is 9.47 Å². The maximum Gasteiger partial charge on any atom is 0.241 e. The highest BCUT2D eigenvalue weighted by Gasteiger charge is 2.26. The third kappa shape index (κ3) is 5.68. The number of benzene rings is 1. The van der Waals surface area contributed by atoms with Crippen LogP contribution in [0.5, 0.6) is 11.8 Å². The van der Waals surface area contributed by atoms with E-state index >= 15 is 4.39 Å². The first kappa shape index (κ1) is 29.8. The summed E-state index contributed by atoms with van der Waals surface area (Å²) in [5.74, 6) is 0.335. The molecule has 13 heteroatoms. The average Bonchev–Trinajstić information content (AvgIpc) is 3.64. The molecule has 2 aliphatic heterocycles. The number of fused-ring (bicyclic) bond motifs is 4. The highest BCUT2D eigenvalue weighted by Crippen LogP contribution is 2.38. The molecular formula is C31H37FN8O4. The molecule has 3 aromatic heterocycles. The van der Waals surface area contributed by atoms with Crippen LogP contribution in [0, 0.1) is 17.1 Å². The van der Waals surface area contributed by atoms with Crippen LogP contribution in [0.15, 0.2) is 18.3 Å². The van der Waals surface area contributed by atoms with Crippen LogP contribution in [0.25, 0.3) is 34.2 Å². The van der Waals surface area contributed by atoms with E-state index in [0.29, 0.717) is 53.5 Å². The maximum absolute atomic E-state index is 16.0. The summed E-state index contributed by atoms with van der Waals surface area (Å²) < 4.78 is 39.4. The number of aromatic nitrogens is 6. The van der Waals surface area contributed by atoms with Gasteiger partial charge >= 0.3 is 0 Å². The highest BCUT2D eigenvalue weighted by atomic mass is 19.1. The Kier molecular flexibility index (Phi) is 8.40. The van der Waals surface area contributed by atoms with Crippen molar-refractivity contribution < 1.29 is 23.7 Å². The van der Waals surface area contributed by atoms with Gasteiger partial charge in [0.25, 0.3) is 0 Å². The van der Waals surface area contributed by atoms with E-state index in [1.165, 1.54) is 6.07 Å². The van der Waals surface area contributed by atoms with E-state index in [9.17, 15) is 10.4 Å². The molecule has 6 rings (SSSR count). The summed E-state index contributed by atoms with van der Waals surface area (Å²) in [4.78, 5) is 2.08. The number of halogens is 1. The van der Waals surface area contributed by atoms with Crippen LogP contribution in [0.2, 0.25) is 0 Å². The van der Waals surface area contributed by atoms with E-state index in [0.717, 1.165) is 30.3 Å². The number of aryl methyl sites for hydroxylation is 1. The smallest absolute Gasteiger partial charge is 0.241 e. The normalized spacial score (nSPS) is 20.7. The van der Waals surface area contributed by atoms with Crippen LogP contribution in [-0.2, 0) is 24.9 Å². The van der Waals surface area contributed by atoms with Crippen molar-refractivity contribution in [3.05, 3.63) is 41.1 Å². The number of rotatable bonds is 5. The molecule has 5 heterocycles. The molecule has 3 atom stereocenters. The summed E-state index contributed by atoms with van der Waals surface area (Å²) in [6, 6.07) is 5.40. The summed E-state index contributed by atoms with van der Waals surface area (Å²) in [7, 11) is 3.73. The number of nitrogens with zero attached hydrogens (tertiary/aromatic N) is 8. The van der Waals surface area contributed by atoms with Gasteiger partial charge in [-0.15, -0.1) is 5.10 Å². The summed E-state index contributed by atoms with van der Waals surface area (Å²) in [6.45, 7) is 5.32. The van der Waals surface area contributed by atoms with Gasteiger partial charge in [-0.3, -0.25) is 9.58 Å². The van der Waals surface area contributed by atoms with E-state index in [1.807, 2.05) is 26.1 Å². The van der Waals surface area contributed by atoms with Crippen molar-refractivity contribution in [3.63, 3.8) is 0 Å². The lowest BCUT2D eigenvalue weighted by Crippen LogP contribution is -2.32. The lowest BCUT2D eigenvalue weighted by Gasteiger charge is -2.24. The zero-order chi connectivity index (χ0) is 31.0. The molecule has 1 N–H and O–H groups in total. The van der Waals surface area contributed by atoms with Crippen molar-refractivity contribution in [1.82, 2.24) is 34.2 Å². The van der Waals surface area contributed by atoms with Crippen molar-refractivity contribution in [2.45, 2.75) is 64.6 Å². The fourth-order valence-corrected chi connectivity index (χ4v) is 5.93. The summed E-state index contributed by atoms with van der Waals surface area (Å²) in [5, 5.41) is 34.0. The molecule has 44 heavy (non-hydrogen) atoms. The minimum absolute atomic E-state index is 0.123. The molecule has 0 aliphatic carbocycles. The minimum Gasteiger partial charge on any atom is -0.473 e. The van der Waals surface area contributed by atoms with Gasteiger partial charge in [0.2, 0.25) is 11.8 Å². The zero-order valence-electron chi connectivity index (χ0n) is 25.4. The van der Waals surface area contributed by atoms with E-state index in [4.69, 9.17) is 19.3 Å². The Morgan fingerprint density at radius 1 is 1.20 bits per heavy atom. The molecule has 1 saturated heterocycles. The lowest BCUT2D eigenvalue weighted by molar-refractivity contribution is -0.0367. The van der Waals surface area contributed by atoms with Crippen molar-refractivity contribution >= 4 is 23.1 Å². The molecule has 0 amide bonds. The first-order valence-corrected chi connectivity index (χ1v) is 14.9. The Hall–Kier alpha value is -4.25. The Bertz CT molecular complexity index is 1730. The number of hydrogen-bond donors (Lipinski definition) is 1. The summed E-state index contributed by atoms with van der Waals surface area (Å²) in [6.07, 6.45) is 6.76. The summed E-state index contributed by atoms with van der Waals surface area (Å²) >= 11 is 0. The lowest BCUT2D eigenvalue weighted by atomic mass is 10.0. The fraction of sp³-hybridized carbons (Fsp3) is 0.484. The minimum atomic E-state index is -0.742. The van der Waals surface area contributed by atoms with E-state index in [-0.39, 0.29) is 31.4 Å². The van der Waals surface area contributed by atoms with Crippen molar-refractivity contribution in [2.75, 3.05) is 26.8 Å². The number of hydrogen-bond acceptors (Lipinski definition) is 9. The second kappa shape index (κ2) is 12.4. The van der Waals surface area contributed by atoms with Crippen LogP contribution in [0.1, 0.15) is 56.3 Å². The molecule has 1 aromatic carbocycles. The van der Waals surface area contributed by atoms with Crippen LogP contribution in [-0.4, -0.2) is 78.4 Å². The highest BCUT2D eigenvalue weighted by molar-refractivity contribution is 5.94.